The van der Waals surface area contributed by atoms with Gasteiger partial charge in [-0.15, -0.1) is 0 Å². The first-order chi connectivity index (χ1) is 8.82. The molecule has 0 saturated carbocycles. The van der Waals surface area contributed by atoms with Crippen LogP contribution in [0.1, 0.15) is 0 Å². The van der Waals surface area contributed by atoms with Gasteiger partial charge in [-0.1, -0.05) is 15.9 Å². The maximum Gasteiger partial charge on any atom is 0.207 e. The first kappa shape index (κ1) is 15.7. The van der Waals surface area contributed by atoms with Gasteiger partial charge in [-0.3, -0.25) is 0 Å². The van der Waals surface area contributed by atoms with E-state index in [1.165, 1.54) is 0 Å². The van der Waals surface area contributed by atoms with Gasteiger partial charge in [-0.25, -0.2) is 8.42 Å². The number of benzene rings is 2. The molecule has 0 aromatic heterocycles. The van der Waals surface area contributed by atoms with Gasteiger partial charge in [0.2, 0.25) is 9.84 Å². The molecule has 0 amide bonds. The highest BCUT2D eigenvalue weighted by Gasteiger charge is 2.21. The van der Waals surface area contributed by atoms with Crippen LogP contribution in [0.4, 0.5) is 0 Å². The Balaban J connectivity index is 2.65. The molecule has 7 heteroatoms. The van der Waals surface area contributed by atoms with Gasteiger partial charge in [0.15, 0.2) is 0 Å². The van der Waals surface area contributed by atoms with Crippen molar-refractivity contribution in [3.05, 3.63) is 54.3 Å². The summed E-state index contributed by atoms with van der Waals surface area (Å²) < 4.78 is 27.9. The van der Waals surface area contributed by atoms with Crippen molar-refractivity contribution in [2.75, 3.05) is 0 Å². The van der Waals surface area contributed by atoms with E-state index in [9.17, 15) is 8.42 Å². The average molecular weight is 534 g/mol. The van der Waals surface area contributed by atoms with Crippen molar-refractivity contribution in [1.82, 2.24) is 0 Å². The Morgan fingerprint density at radius 3 is 2.00 bits per heavy atom. The largest absolute Gasteiger partial charge is 0.218 e. The molecule has 0 spiro atoms. The Kier molecular flexibility index (Phi) is 4.93. The number of hydrogen-bond acceptors (Lipinski definition) is 2. The second-order valence-corrected chi connectivity index (χ2v) is 9.05. The van der Waals surface area contributed by atoms with E-state index in [0.29, 0.717) is 13.4 Å². The van der Waals surface area contributed by atoms with Crippen LogP contribution in [0.5, 0.6) is 0 Å². The van der Waals surface area contributed by atoms with Crippen molar-refractivity contribution in [2.24, 2.45) is 0 Å². The Labute approximate surface area is 145 Å². The van der Waals surface area contributed by atoms with Crippen LogP contribution in [0.2, 0.25) is 0 Å². The summed E-state index contributed by atoms with van der Waals surface area (Å²) in [7, 11) is -3.56. The maximum atomic E-state index is 12.6. The molecule has 0 aliphatic rings. The molecule has 0 saturated heterocycles. The zero-order valence-electron chi connectivity index (χ0n) is 9.20. The molecule has 0 aliphatic carbocycles. The summed E-state index contributed by atoms with van der Waals surface area (Å²) >= 11 is 13.2. The van der Waals surface area contributed by atoms with Crippen molar-refractivity contribution >= 4 is 73.6 Å². The van der Waals surface area contributed by atoms with Crippen molar-refractivity contribution in [3.8, 4) is 0 Å². The molecule has 100 valence electrons. The molecule has 19 heavy (non-hydrogen) atoms. The molecular weight excluding hydrogens is 528 g/mol. The van der Waals surface area contributed by atoms with E-state index in [-0.39, 0.29) is 9.79 Å². The standard InChI is InChI=1S/C12H6Br4O2S/c13-7-1-3-10(15)12(5-7)19(17,18)8-2-4-9(14)11(16)6-8/h1-6H. The van der Waals surface area contributed by atoms with Gasteiger partial charge in [-0.2, -0.15) is 0 Å². The zero-order valence-corrected chi connectivity index (χ0v) is 16.4. The Morgan fingerprint density at radius 2 is 1.37 bits per heavy atom. The third-order valence-electron chi connectivity index (χ3n) is 2.38. The first-order valence-corrected chi connectivity index (χ1v) is 9.63. The van der Waals surface area contributed by atoms with Gasteiger partial charge in [0, 0.05) is 17.9 Å². The van der Waals surface area contributed by atoms with Gasteiger partial charge < -0.3 is 0 Å². The van der Waals surface area contributed by atoms with E-state index in [1.807, 2.05) is 0 Å². The van der Waals surface area contributed by atoms with Gasteiger partial charge in [0.25, 0.3) is 0 Å². The monoisotopic (exact) mass is 530 g/mol. The molecule has 0 aliphatic heterocycles. The topological polar surface area (TPSA) is 34.1 Å². The molecule has 0 N–H and O–H groups in total. The molecule has 0 fully saturated rings. The normalized spacial score (nSPS) is 11.6. The highest BCUT2D eigenvalue weighted by atomic mass is 79.9. The zero-order chi connectivity index (χ0) is 14.2. The number of halogens is 4. The van der Waals surface area contributed by atoms with E-state index in [0.717, 1.165) is 4.47 Å². The highest BCUT2D eigenvalue weighted by Crippen LogP contribution is 2.33. The summed E-state index contributed by atoms with van der Waals surface area (Å²) in [6, 6.07) is 9.90. The second-order valence-electron chi connectivity index (χ2n) is 3.65. The van der Waals surface area contributed by atoms with Crippen molar-refractivity contribution in [2.45, 2.75) is 9.79 Å². The molecule has 0 heterocycles. The smallest absolute Gasteiger partial charge is 0.207 e. The van der Waals surface area contributed by atoms with E-state index in [2.05, 4.69) is 63.7 Å². The predicted molar refractivity (Wildman–Crippen MR) is 89.1 cm³/mol. The fourth-order valence-electron chi connectivity index (χ4n) is 1.45. The first-order valence-electron chi connectivity index (χ1n) is 4.97. The van der Waals surface area contributed by atoms with Crippen LogP contribution in [0.25, 0.3) is 0 Å². The van der Waals surface area contributed by atoms with E-state index in [1.54, 1.807) is 36.4 Å². The molecule has 2 aromatic rings. The van der Waals surface area contributed by atoms with Crippen molar-refractivity contribution in [1.29, 1.82) is 0 Å². The Bertz CT molecular complexity index is 741. The van der Waals surface area contributed by atoms with Crippen LogP contribution >= 0.6 is 63.7 Å². The summed E-state index contributed by atoms with van der Waals surface area (Å²) in [6.45, 7) is 0. The lowest BCUT2D eigenvalue weighted by molar-refractivity contribution is 0.595. The molecule has 0 unspecified atom stereocenters. The Morgan fingerprint density at radius 1 is 0.737 bits per heavy atom. The van der Waals surface area contributed by atoms with E-state index >= 15 is 0 Å². The fraction of sp³-hybridized carbons (Fsp3) is 0. The summed E-state index contributed by atoms with van der Waals surface area (Å²) in [5.74, 6) is 0. The fourth-order valence-corrected chi connectivity index (χ4v) is 5.01. The van der Waals surface area contributed by atoms with Gasteiger partial charge in [0.1, 0.15) is 0 Å². The molecule has 2 rings (SSSR count). The van der Waals surface area contributed by atoms with E-state index < -0.39 is 9.84 Å². The molecule has 0 radical (unpaired) electrons. The molecule has 2 nitrogen and oxygen atoms in total. The quantitative estimate of drug-likeness (QED) is 0.506. The molecular formula is C12H6Br4O2S. The summed E-state index contributed by atoms with van der Waals surface area (Å²) in [5.41, 5.74) is 0. The third-order valence-corrected chi connectivity index (χ3v) is 7.50. The number of sulfone groups is 1. The van der Waals surface area contributed by atoms with Gasteiger partial charge in [0.05, 0.1) is 9.79 Å². The van der Waals surface area contributed by atoms with Crippen LogP contribution in [0, 0.1) is 0 Å². The summed E-state index contributed by atoms with van der Waals surface area (Å²) in [5, 5.41) is 0. The van der Waals surface area contributed by atoms with Crippen LogP contribution in [-0.2, 0) is 9.84 Å². The van der Waals surface area contributed by atoms with Crippen LogP contribution in [0.3, 0.4) is 0 Å². The van der Waals surface area contributed by atoms with Gasteiger partial charge in [-0.05, 0) is 84.2 Å². The third kappa shape index (κ3) is 3.32. The van der Waals surface area contributed by atoms with Crippen molar-refractivity contribution < 1.29 is 8.42 Å². The second kappa shape index (κ2) is 5.97. The molecule has 2 aromatic carbocycles. The number of rotatable bonds is 2. The minimum absolute atomic E-state index is 0.232. The highest BCUT2D eigenvalue weighted by molar-refractivity contribution is 9.13. The van der Waals surface area contributed by atoms with Crippen LogP contribution in [-0.4, -0.2) is 8.42 Å². The lowest BCUT2D eigenvalue weighted by Gasteiger charge is -2.08. The van der Waals surface area contributed by atoms with E-state index in [4.69, 9.17) is 0 Å². The molecule has 0 atom stereocenters. The summed E-state index contributed by atoms with van der Waals surface area (Å²) in [6.07, 6.45) is 0. The lowest BCUT2D eigenvalue weighted by atomic mass is 10.4. The maximum absolute atomic E-state index is 12.6. The van der Waals surface area contributed by atoms with Gasteiger partial charge >= 0.3 is 0 Å². The van der Waals surface area contributed by atoms with Crippen LogP contribution < -0.4 is 0 Å². The number of hydrogen-bond donors (Lipinski definition) is 0. The van der Waals surface area contributed by atoms with Crippen molar-refractivity contribution in [3.63, 3.8) is 0 Å². The summed E-state index contributed by atoms with van der Waals surface area (Å²) in [4.78, 5) is 0.470. The predicted octanol–water partition coefficient (Wildman–Crippen LogP) is 5.57. The SMILES string of the molecule is O=S(=O)(c1ccc(Br)c(Br)c1)c1cc(Br)ccc1Br. The Hall–Kier alpha value is 0.310. The van der Waals surface area contributed by atoms with Crippen LogP contribution in [0.15, 0.2) is 64.1 Å². The molecule has 0 bridgehead atoms. The minimum atomic E-state index is -3.56. The average Bonchev–Trinajstić information content (AvgIpc) is 2.35. The minimum Gasteiger partial charge on any atom is -0.218 e. The lowest BCUT2D eigenvalue weighted by Crippen LogP contribution is -2.03.